The lowest BCUT2D eigenvalue weighted by Gasteiger charge is -2.48. The van der Waals surface area contributed by atoms with E-state index in [1.807, 2.05) is 7.05 Å². The van der Waals surface area contributed by atoms with Gasteiger partial charge in [-0.2, -0.15) is 0 Å². The molecule has 5 nitrogen and oxygen atoms in total. The van der Waals surface area contributed by atoms with E-state index in [9.17, 15) is 0 Å². The Labute approximate surface area is 121 Å². The highest BCUT2D eigenvalue weighted by atomic mass is 15.3. The summed E-state index contributed by atoms with van der Waals surface area (Å²) in [5.41, 5.74) is 1.16. The van der Waals surface area contributed by atoms with Gasteiger partial charge in [0, 0.05) is 37.8 Å². The summed E-state index contributed by atoms with van der Waals surface area (Å²) >= 11 is 0. The molecule has 1 aromatic heterocycles. The third kappa shape index (κ3) is 2.35. The molecule has 0 saturated carbocycles. The van der Waals surface area contributed by atoms with Crippen molar-refractivity contribution in [2.24, 2.45) is 0 Å². The van der Waals surface area contributed by atoms with E-state index in [4.69, 9.17) is 0 Å². The topological polar surface area (TPSA) is 44.3 Å². The number of nitrogens with zero attached hydrogens (tertiary/aromatic N) is 4. The van der Waals surface area contributed by atoms with Gasteiger partial charge in [0.25, 0.3) is 0 Å². The van der Waals surface area contributed by atoms with Crippen molar-refractivity contribution in [3.8, 4) is 0 Å². The first kappa shape index (κ1) is 13.6. The van der Waals surface area contributed by atoms with Gasteiger partial charge in [-0.25, -0.2) is 9.97 Å². The molecule has 1 aromatic rings. The highest BCUT2D eigenvalue weighted by molar-refractivity contribution is 5.58. The summed E-state index contributed by atoms with van der Waals surface area (Å²) in [7, 11) is 1.92. The Morgan fingerprint density at radius 2 is 2.10 bits per heavy atom. The van der Waals surface area contributed by atoms with Gasteiger partial charge in [-0.3, -0.25) is 4.90 Å². The van der Waals surface area contributed by atoms with Crippen LogP contribution in [0.5, 0.6) is 0 Å². The summed E-state index contributed by atoms with van der Waals surface area (Å²) in [6.45, 7) is 7.95. The number of aromatic nitrogens is 2. The Kier molecular flexibility index (Phi) is 3.78. The van der Waals surface area contributed by atoms with Gasteiger partial charge in [0.1, 0.15) is 18.0 Å². The maximum absolute atomic E-state index is 4.55. The number of piperidine rings is 1. The molecule has 0 radical (unpaired) electrons. The molecule has 5 heteroatoms. The van der Waals surface area contributed by atoms with E-state index < -0.39 is 0 Å². The quantitative estimate of drug-likeness (QED) is 0.893. The van der Waals surface area contributed by atoms with Crippen molar-refractivity contribution in [2.45, 2.75) is 45.2 Å². The normalized spacial score (nSPS) is 27.2. The second kappa shape index (κ2) is 5.56. The molecule has 20 heavy (non-hydrogen) atoms. The SMILES string of the molecule is CNc1ncnc(N2CC3CCCCN3CC2C)c1C. The molecule has 2 aliphatic rings. The lowest BCUT2D eigenvalue weighted by molar-refractivity contribution is 0.115. The summed E-state index contributed by atoms with van der Waals surface area (Å²) in [6, 6.07) is 1.22. The van der Waals surface area contributed by atoms with Crippen molar-refractivity contribution in [2.75, 3.05) is 36.9 Å². The first-order valence-electron chi connectivity index (χ1n) is 7.70. The van der Waals surface area contributed by atoms with Gasteiger partial charge in [0.15, 0.2) is 0 Å². The highest BCUT2D eigenvalue weighted by Crippen LogP contribution is 2.30. The molecular formula is C15H25N5. The van der Waals surface area contributed by atoms with Gasteiger partial charge in [-0.1, -0.05) is 6.42 Å². The van der Waals surface area contributed by atoms with Crippen LogP contribution in [0.4, 0.5) is 11.6 Å². The summed E-state index contributed by atoms with van der Waals surface area (Å²) in [4.78, 5) is 14.0. The van der Waals surface area contributed by atoms with Gasteiger partial charge in [0.05, 0.1) is 0 Å². The van der Waals surface area contributed by atoms with E-state index >= 15 is 0 Å². The number of fused-ring (bicyclic) bond motifs is 1. The average Bonchev–Trinajstić information content (AvgIpc) is 2.47. The van der Waals surface area contributed by atoms with Crippen molar-refractivity contribution < 1.29 is 0 Å². The minimum Gasteiger partial charge on any atom is -0.373 e. The van der Waals surface area contributed by atoms with Crippen molar-refractivity contribution in [3.05, 3.63) is 11.9 Å². The predicted octanol–water partition coefficient (Wildman–Crippen LogP) is 1.89. The van der Waals surface area contributed by atoms with E-state index in [0.717, 1.165) is 30.3 Å². The minimum absolute atomic E-state index is 0.516. The Morgan fingerprint density at radius 1 is 1.25 bits per heavy atom. The molecule has 0 bridgehead atoms. The zero-order chi connectivity index (χ0) is 14.1. The molecular weight excluding hydrogens is 250 g/mol. The number of rotatable bonds is 2. The number of anilines is 2. The van der Waals surface area contributed by atoms with Gasteiger partial charge >= 0.3 is 0 Å². The summed E-state index contributed by atoms with van der Waals surface area (Å²) < 4.78 is 0. The van der Waals surface area contributed by atoms with Crippen LogP contribution in [0.3, 0.4) is 0 Å². The summed E-state index contributed by atoms with van der Waals surface area (Å²) in [5, 5.41) is 3.16. The van der Waals surface area contributed by atoms with Crippen LogP contribution in [0, 0.1) is 6.92 Å². The number of piperazine rings is 1. The summed E-state index contributed by atoms with van der Waals surface area (Å²) in [5.74, 6) is 2.04. The Balaban J connectivity index is 1.86. The van der Waals surface area contributed by atoms with Crippen molar-refractivity contribution in [1.29, 1.82) is 0 Å². The van der Waals surface area contributed by atoms with Gasteiger partial charge < -0.3 is 10.2 Å². The van der Waals surface area contributed by atoms with Crippen molar-refractivity contribution in [3.63, 3.8) is 0 Å². The van der Waals surface area contributed by atoms with Crippen LogP contribution in [-0.2, 0) is 0 Å². The van der Waals surface area contributed by atoms with Crippen LogP contribution >= 0.6 is 0 Å². The molecule has 3 rings (SSSR count). The molecule has 110 valence electrons. The molecule has 2 aliphatic heterocycles. The van der Waals surface area contributed by atoms with E-state index in [0.29, 0.717) is 12.1 Å². The van der Waals surface area contributed by atoms with Crippen molar-refractivity contribution >= 4 is 11.6 Å². The number of hydrogen-bond acceptors (Lipinski definition) is 5. The average molecular weight is 275 g/mol. The van der Waals surface area contributed by atoms with Crippen molar-refractivity contribution in [1.82, 2.24) is 14.9 Å². The molecule has 2 atom stereocenters. The molecule has 3 heterocycles. The van der Waals surface area contributed by atoms with Crippen LogP contribution in [0.1, 0.15) is 31.7 Å². The van der Waals surface area contributed by atoms with E-state index in [-0.39, 0.29) is 0 Å². The van der Waals surface area contributed by atoms with Crippen LogP contribution < -0.4 is 10.2 Å². The zero-order valence-corrected chi connectivity index (χ0v) is 12.8. The lowest BCUT2D eigenvalue weighted by Crippen LogP contribution is -2.59. The van der Waals surface area contributed by atoms with Gasteiger partial charge in [-0.05, 0) is 33.2 Å². The maximum Gasteiger partial charge on any atom is 0.137 e. The fourth-order valence-corrected chi connectivity index (χ4v) is 3.63. The third-order valence-electron chi connectivity index (χ3n) is 4.75. The standard InChI is InChI=1S/C15H25N5/c1-11-8-19-7-5-4-6-13(19)9-20(11)15-12(2)14(16-3)17-10-18-15/h10-11,13H,4-9H2,1-3H3,(H,16,17,18). The fraction of sp³-hybridized carbons (Fsp3) is 0.733. The Morgan fingerprint density at radius 3 is 2.90 bits per heavy atom. The van der Waals surface area contributed by atoms with Crippen LogP contribution in [0.2, 0.25) is 0 Å². The second-order valence-corrected chi connectivity index (χ2v) is 6.07. The smallest absolute Gasteiger partial charge is 0.137 e. The molecule has 0 aliphatic carbocycles. The number of nitrogens with one attached hydrogen (secondary N) is 1. The zero-order valence-electron chi connectivity index (χ0n) is 12.8. The van der Waals surface area contributed by atoms with E-state index in [1.165, 1.54) is 25.8 Å². The summed E-state index contributed by atoms with van der Waals surface area (Å²) in [6.07, 6.45) is 5.73. The molecule has 0 aromatic carbocycles. The largest absolute Gasteiger partial charge is 0.373 e. The molecule has 0 amide bonds. The Hall–Kier alpha value is -1.36. The fourth-order valence-electron chi connectivity index (χ4n) is 3.63. The Bertz CT molecular complexity index is 475. The molecule has 2 unspecified atom stereocenters. The molecule has 0 spiro atoms. The predicted molar refractivity (Wildman–Crippen MR) is 82.3 cm³/mol. The van der Waals surface area contributed by atoms with E-state index in [1.54, 1.807) is 6.33 Å². The van der Waals surface area contributed by atoms with Crippen LogP contribution in [0.25, 0.3) is 0 Å². The molecule has 1 N–H and O–H groups in total. The molecule has 2 fully saturated rings. The van der Waals surface area contributed by atoms with E-state index in [2.05, 4.69) is 38.9 Å². The number of hydrogen-bond donors (Lipinski definition) is 1. The highest BCUT2D eigenvalue weighted by Gasteiger charge is 2.34. The first-order chi connectivity index (χ1) is 9.70. The second-order valence-electron chi connectivity index (χ2n) is 6.07. The minimum atomic E-state index is 0.516. The third-order valence-corrected chi connectivity index (χ3v) is 4.75. The van der Waals surface area contributed by atoms with Gasteiger partial charge in [-0.15, -0.1) is 0 Å². The first-order valence-corrected chi connectivity index (χ1v) is 7.70. The lowest BCUT2D eigenvalue weighted by atomic mass is 9.97. The van der Waals surface area contributed by atoms with Crippen LogP contribution in [-0.4, -0.2) is 53.6 Å². The van der Waals surface area contributed by atoms with Crippen LogP contribution in [0.15, 0.2) is 6.33 Å². The maximum atomic E-state index is 4.55. The monoisotopic (exact) mass is 275 g/mol. The molecule has 2 saturated heterocycles. The van der Waals surface area contributed by atoms with Gasteiger partial charge in [0.2, 0.25) is 0 Å².